The van der Waals surface area contributed by atoms with Crippen molar-refractivity contribution in [2.45, 2.75) is 18.8 Å². The molecule has 1 aliphatic carbocycles. The maximum absolute atomic E-state index is 14.0. The largest absolute Gasteiger partial charge is 0.350 e. The number of hydrogen-bond acceptors (Lipinski definition) is 6. The molecule has 0 bridgehead atoms. The molecule has 3 heterocycles. The van der Waals surface area contributed by atoms with Crippen LogP contribution in [-0.2, 0) is 0 Å². The lowest BCUT2D eigenvalue weighted by molar-refractivity contribution is 0.461. The topological polar surface area (TPSA) is 75.9 Å². The van der Waals surface area contributed by atoms with Crippen LogP contribution in [0.2, 0.25) is 5.02 Å². The fourth-order valence-corrected chi connectivity index (χ4v) is 3.30. The van der Waals surface area contributed by atoms with Crippen LogP contribution in [0.1, 0.15) is 24.3 Å². The van der Waals surface area contributed by atoms with Gasteiger partial charge in [-0.3, -0.25) is 0 Å². The summed E-state index contributed by atoms with van der Waals surface area (Å²) in [6, 6.07) is 10.3. The highest BCUT2D eigenvalue weighted by Gasteiger charge is 2.27. The molecule has 140 valence electrons. The molecule has 0 saturated heterocycles. The SMILES string of the molecule is Fc1ccccc1Nc1noc2c(Nc3ncccc3C3CC3)c(Cl)cnc12. The van der Waals surface area contributed by atoms with Crippen LogP contribution in [0.25, 0.3) is 11.1 Å². The number of anilines is 4. The quantitative estimate of drug-likeness (QED) is 0.446. The first kappa shape index (κ1) is 16.9. The minimum absolute atomic E-state index is 0.282. The van der Waals surface area contributed by atoms with Gasteiger partial charge in [-0.1, -0.05) is 35.0 Å². The van der Waals surface area contributed by atoms with Crippen LogP contribution in [0.5, 0.6) is 0 Å². The molecule has 6 nitrogen and oxygen atoms in total. The van der Waals surface area contributed by atoms with E-state index in [1.165, 1.54) is 12.3 Å². The highest BCUT2D eigenvalue weighted by molar-refractivity contribution is 6.34. The number of pyridine rings is 2. The van der Waals surface area contributed by atoms with Crippen molar-refractivity contribution >= 4 is 45.7 Å². The molecule has 0 radical (unpaired) electrons. The molecule has 28 heavy (non-hydrogen) atoms. The van der Waals surface area contributed by atoms with E-state index in [0.29, 0.717) is 33.5 Å². The number of aromatic nitrogens is 3. The summed E-state index contributed by atoms with van der Waals surface area (Å²) in [6.45, 7) is 0. The molecule has 4 aromatic rings. The van der Waals surface area contributed by atoms with Crippen molar-refractivity contribution in [3.63, 3.8) is 0 Å². The lowest BCUT2D eigenvalue weighted by Crippen LogP contribution is -2.00. The minimum Gasteiger partial charge on any atom is -0.350 e. The molecule has 0 amide bonds. The van der Waals surface area contributed by atoms with E-state index in [-0.39, 0.29) is 5.69 Å². The van der Waals surface area contributed by atoms with Gasteiger partial charge in [-0.05, 0) is 42.5 Å². The third kappa shape index (κ3) is 3.03. The smallest absolute Gasteiger partial charge is 0.212 e. The molecule has 0 atom stereocenters. The van der Waals surface area contributed by atoms with E-state index in [4.69, 9.17) is 16.1 Å². The third-order valence-corrected chi connectivity index (χ3v) is 4.95. The Kier molecular flexibility index (Phi) is 4.09. The van der Waals surface area contributed by atoms with Crippen LogP contribution < -0.4 is 10.6 Å². The monoisotopic (exact) mass is 395 g/mol. The van der Waals surface area contributed by atoms with E-state index < -0.39 is 5.82 Å². The van der Waals surface area contributed by atoms with E-state index in [1.807, 2.05) is 6.07 Å². The van der Waals surface area contributed by atoms with Gasteiger partial charge in [-0.2, -0.15) is 0 Å². The number of hydrogen-bond donors (Lipinski definition) is 2. The number of halogens is 2. The van der Waals surface area contributed by atoms with Gasteiger partial charge in [0.05, 0.1) is 10.7 Å². The van der Waals surface area contributed by atoms with Gasteiger partial charge in [0.15, 0.2) is 5.52 Å². The molecule has 1 fully saturated rings. The van der Waals surface area contributed by atoms with Crippen molar-refractivity contribution in [3.8, 4) is 0 Å². The lowest BCUT2D eigenvalue weighted by atomic mass is 10.1. The summed E-state index contributed by atoms with van der Waals surface area (Å²) in [7, 11) is 0. The van der Waals surface area contributed by atoms with Crippen LogP contribution >= 0.6 is 11.6 Å². The normalized spacial score (nSPS) is 13.6. The molecule has 1 aliphatic rings. The first-order valence-electron chi connectivity index (χ1n) is 8.88. The summed E-state index contributed by atoms with van der Waals surface area (Å²) >= 11 is 6.37. The zero-order valence-electron chi connectivity index (χ0n) is 14.6. The molecular weight excluding hydrogens is 381 g/mol. The summed E-state index contributed by atoms with van der Waals surface area (Å²) < 4.78 is 19.4. The van der Waals surface area contributed by atoms with E-state index in [2.05, 4.69) is 31.8 Å². The van der Waals surface area contributed by atoms with Crippen molar-refractivity contribution < 1.29 is 8.91 Å². The average Bonchev–Trinajstić information content (AvgIpc) is 3.47. The van der Waals surface area contributed by atoms with Gasteiger partial charge in [-0.25, -0.2) is 14.4 Å². The van der Waals surface area contributed by atoms with Crippen molar-refractivity contribution in [2.24, 2.45) is 0 Å². The Balaban J connectivity index is 1.54. The van der Waals surface area contributed by atoms with Gasteiger partial charge in [0.2, 0.25) is 11.4 Å². The van der Waals surface area contributed by atoms with Gasteiger partial charge in [0.25, 0.3) is 0 Å². The van der Waals surface area contributed by atoms with Gasteiger partial charge in [-0.15, -0.1) is 0 Å². The molecule has 0 spiro atoms. The number of fused-ring (bicyclic) bond motifs is 1. The summed E-state index contributed by atoms with van der Waals surface area (Å²) in [5.74, 6) is 1.16. The second-order valence-corrected chi connectivity index (χ2v) is 7.04. The molecule has 2 N–H and O–H groups in total. The zero-order chi connectivity index (χ0) is 19.1. The molecule has 8 heteroatoms. The Labute approximate surface area is 164 Å². The van der Waals surface area contributed by atoms with Crippen molar-refractivity contribution in [1.29, 1.82) is 0 Å². The molecule has 0 aliphatic heterocycles. The van der Waals surface area contributed by atoms with Crippen LogP contribution in [0.4, 0.5) is 27.4 Å². The zero-order valence-corrected chi connectivity index (χ0v) is 15.4. The second-order valence-electron chi connectivity index (χ2n) is 6.64. The van der Waals surface area contributed by atoms with Crippen molar-refractivity contribution in [3.05, 3.63) is 65.2 Å². The Morgan fingerprint density at radius 3 is 2.71 bits per heavy atom. The van der Waals surface area contributed by atoms with Crippen molar-refractivity contribution in [1.82, 2.24) is 15.1 Å². The Morgan fingerprint density at radius 1 is 1.04 bits per heavy atom. The van der Waals surface area contributed by atoms with Crippen LogP contribution in [0.3, 0.4) is 0 Å². The van der Waals surface area contributed by atoms with E-state index >= 15 is 0 Å². The highest BCUT2D eigenvalue weighted by atomic mass is 35.5. The number of para-hydroxylation sites is 1. The first-order valence-corrected chi connectivity index (χ1v) is 9.26. The number of benzene rings is 1. The summed E-state index contributed by atoms with van der Waals surface area (Å²) in [5, 5.41) is 10.6. The first-order chi connectivity index (χ1) is 13.7. The number of rotatable bonds is 5. The molecular formula is C20H15ClFN5O. The predicted molar refractivity (Wildman–Crippen MR) is 106 cm³/mol. The minimum atomic E-state index is -0.395. The average molecular weight is 396 g/mol. The van der Waals surface area contributed by atoms with Gasteiger partial charge in [0, 0.05) is 12.4 Å². The third-order valence-electron chi connectivity index (χ3n) is 4.67. The lowest BCUT2D eigenvalue weighted by Gasteiger charge is -2.11. The second kappa shape index (κ2) is 6.76. The fourth-order valence-electron chi connectivity index (χ4n) is 3.12. The Hall–Kier alpha value is -3.19. The summed E-state index contributed by atoms with van der Waals surface area (Å²) in [6.07, 6.45) is 5.54. The fraction of sp³-hybridized carbons (Fsp3) is 0.150. The number of nitrogens with zero attached hydrogens (tertiary/aromatic N) is 3. The molecule has 1 saturated carbocycles. The highest BCUT2D eigenvalue weighted by Crippen LogP contribution is 2.44. The van der Waals surface area contributed by atoms with Gasteiger partial charge >= 0.3 is 0 Å². The standard InChI is InChI=1S/C20H15ClFN5O/c21-13-10-24-17-18(28-27-20(17)25-15-6-2-1-5-14(15)22)16(13)26-19-12(11-7-8-11)4-3-9-23-19/h1-6,9-11H,7-8H2,(H,25,27)(H,23,24,26). The van der Waals surface area contributed by atoms with Crippen LogP contribution in [0.15, 0.2) is 53.3 Å². The number of nitrogens with one attached hydrogen (secondary N) is 2. The summed E-state index contributed by atoms with van der Waals surface area (Å²) in [4.78, 5) is 8.76. The Morgan fingerprint density at radius 2 is 1.89 bits per heavy atom. The molecule has 3 aromatic heterocycles. The molecule has 1 aromatic carbocycles. The van der Waals surface area contributed by atoms with Crippen molar-refractivity contribution in [2.75, 3.05) is 10.6 Å². The maximum Gasteiger partial charge on any atom is 0.212 e. The molecule has 0 unspecified atom stereocenters. The van der Waals surface area contributed by atoms with E-state index in [1.54, 1.807) is 24.4 Å². The predicted octanol–water partition coefficient (Wildman–Crippen LogP) is 5.77. The van der Waals surface area contributed by atoms with E-state index in [9.17, 15) is 4.39 Å². The molecule has 5 rings (SSSR count). The van der Waals surface area contributed by atoms with Crippen LogP contribution in [0, 0.1) is 5.82 Å². The van der Waals surface area contributed by atoms with Gasteiger partial charge in [0.1, 0.15) is 17.3 Å². The summed E-state index contributed by atoms with van der Waals surface area (Å²) in [5.41, 5.74) is 2.77. The maximum atomic E-state index is 14.0. The van der Waals surface area contributed by atoms with E-state index in [0.717, 1.165) is 24.2 Å². The van der Waals surface area contributed by atoms with Crippen LogP contribution in [-0.4, -0.2) is 15.1 Å². The Bertz CT molecular complexity index is 1170. The van der Waals surface area contributed by atoms with Gasteiger partial charge < -0.3 is 15.2 Å².